The van der Waals surface area contributed by atoms with Crippen molar-refractivity contribution in [1.29, 1.82) is 0 Å². The maximum Gasteiger partial charge on any atom is 0.165 e. The van der Waals surface area contributed by atoms with Crippen molar-refractivity contribution in [3.8, 4) is 0 Å². The van der Waals surface area contributed by atoms with Crippen LogP contribution in [0.25, 0.3) is 0 Å². The van der Waals surface area contributed by atoms with Crippen molar-refractivity contribution in [2.24, 2.45) is 5.41 Å². The number of hydrogen-bond donors (Lipinski definition) is 1. The molecule has 0 saturated carbocycles. The third-order valence-electron chi connectivity index (χ3n) is 3.34. The Bertz CT molecular complexity index is 443. The molecule has 0 saturated heterocycles. The molecule has 0 bridgehead atoms. The van der Waals surface area contributed by atoms with E-state index in [0.29, 0.717) is 19.6 Å². The summed E-state index contributed by atoms with van der Waals surface area (Å²) >= 11 is 0. The van der Waals surface area contributed by atoms with Gasteiger partial charge in [0.05, 0.1) is 13.2 Å². The molecule has 3 heteroatoms. The lowest BCUT2D eigenvalue weighted by Gasteiger charge is -2.28. The monoisotopic (exact) mass is 205 g/mol. The second kappa shape index (κ2) is 2.73. The highest BCUT2D eigenvalue weighted by Crippen LogP contribution is 2.38. The van der Waals surface area contributed by atoms with Crippen LogP contribution < -0.4 is 0 Å². The third-order valence-corrected chi connectivity index (χ3v) is 3.34. The van der Waals surface area contributed by atoms with Gasteiger partial charge < -0.3 is 9.72 Å². The van der Waals surface area contributed by atoms with Gasteiger partial charge in [-0.1, -0.05) is 13.8 Å². The van der Waals surface area contributed by atoms with Gasteiger partial charge in [0, 0.05) is 28.9 Å². The van der Waals surface area contributed by atoms with Crippen molar-refractivity contribution >= 4 is 5.78 Å². The van der Waals surface area contributed by atoms with E-state index in [1.165, 1.54) is 0 Å². The fourth-order valence-electron chi connectivity index (χ4n) is 2.72. The Labute approximate surface area is 88.8 Å². The highest BCUT2D eigenvalue weighted by Gasteiger charge is 2.36. The summed E-state index contributed by atoms with van der Waals surface area (Å²) in [7, 11) is 0. The van der Waals surface area contributed by atoms with Crippen molar-refractivity contribution in [3.05, 3.63) is 22.5 Å². The van der Waals surface area contributed by atoms with E-state index in [9.17, 15) is 4.79 Å². The Morgan fingerprint density at radius 1 is 1.20 bits per heavy atom. The highest BCUT2D eigenvalue weighted by atomic mass is 16.5. The maximum atomic E-state index is 12.0. The van der Waals surface area contributed by atoms with Gasteiger partial charge in [-0.3, -0.25) is 4.79 Å². The first-order valence-corrected chi connectivity index (χ1v) is 5.40. The summed E-state index contributed by atoms with van der Waals surface area (Å²) in [5.41, 5.74) is 4.40. The van der Waals surface area contributed by atoms with Crippen LogP contribution in [0, 0.1) is 5.41 Å². The molecule has 3 nitrogen and oxygen atoms in total. The summed E-state index contributed by atoms with van der Waals surface area (Å²) in [6.45, 7) is 5.54. The molecule has 2 heterocycles. The van der Waals surface area contributed by atoms with E-state index in [2.05, 4.69) is 18.8 Å². The van der Waals surface area contributed by atoms with Gasteiger partial charge in [-0.05, 0) is 11.8 Å². The lowest BCUT2D eigenvalue weighted by Crippen LogP contribution is -2.27. The number of aromatic nitrogens is 1. The minimum atomic E-state index is 0.101. The normalized spacial score (nSPS) is 22.7. The zero-order valence-electron chi connectivity index (χ0n) is 9.14. The summed E-state index contributed by atoms with van der Waals surface area (Å²) in [6.07, 6.45) is 1.63. The lowest BCUT2D eigenvalue weighted by atomic mass is 9.75. The number of ether oxygens (including phenoxy) is 1. The predicted octanol–water partition coefficient (Wildman–Crippen LogP) is 2.20. The Hall–Kier alpha value is -1.09. The highest BCUT2D eigenvalue weighted by molar-refractivity contribution is 6.00. The first kappa shape index (κ1) is 9.16. The maximum absolute atomic E-state index is 12.0. The summed E-state index contributed by atoms with van der Waals surface area (Å²) in [5, 5.41) is 0. The average Bonchev–Trinajstić information content (AvgIpc) is 2.58. The molecule has 0 aromatic carbocycles. The van der Waals surface area contributed by atoms with Crippen molar-refractivity contribution in [1.82, 2.24) is 4.98 Å². The molecule has 1 aliphatic carbocycles. The number of hydrogen-bond acceptors (Lipinski definition) is 2. The first-order chi connectivity index (χ1) is 7.07. The number of carbonyl (C=O) groups excluding carboxylic acids is 1. The van der Waals surface area contributed by atoms with Gasteiger partial charge >= 0.3 is 0 Å². The van der Waals surface area contributed by atoms with Gasteiger partial charge in [-0.15, -0.1) is 0 Å². The lowest BCUT2D eigenvalue weighted by molar-refractivity contribution is 0.0902. The molecule has 1 aromatic rings. The standard InChI is InChI=1S/C12H15NO2/c1-12(2)3-8-11(10(14)4-12)7-5-15-6-9(7)13-8/h13H,3-6H2,1-2H3. The summed E-state index contributed by atoms with van der Waals surface area (Å²) < 4.78 is 5.34. The van der Waals surface area contributed by atoms with Crippen LogP contribution in [-0.2, 0) is 24.4 Å². The van der Waals surface area contributed by atoms with Crippen LogP contribution in [0.15, 0.2) is 0 Å². The summed E-state index contributed by atoms with van der Waals surface area (Å²) in [5.74, 6) is 0.282. The van der Waals surface area contributed by atoms with E-state index in [0.717, 1.165) is 28.9 Å². The number of nitrogens with one attached hydrogen (secondary N) is 1. The molecule has 0 spiro atoms. The Morgan fingerprint density at radius 3 is 2.80 bits per heavy atom. The first-order valence-electron chi connectivity index (χ1n) is 5.40. The van der Waals surface area contributed by atoms with E-state index < -0.39 is 0 Å². The van der Waals surface area contributed by atoms with E-state index in [1.807, 2.05) is 0 Å². The number of fused-ring (bicyclic) bond motifs is 3. The van der Waals surface area contributed by atoms with Gasteiger partial charge in [0.25, 0.3) is 0 Å². The third kappa shape index (κ3) is 1.26. The van der Waals surface area contributed by atoms with Gasteiger partial charge in [0.2, 0.25) is 0 Å². The summed E-state index contributed by atoms with van der Waals surface area (Å²) in [4.78, 5) is 15.4. The van der Waals surface area contributed by atoms with Crippen molar-refractivity contribution in [2.45, 2.75) is 39.9 Å². The van der Waals surface area contributed by atoms with Gasteiger partial charge in [0.15, 0.2) is 5.78 Å². The molecule has 1 aromatic heterocycles. The molecular weight excluding hydrogens is 190 g/mol. The molecule has 0 unspecified atom stereocenters. The van der Waals surface area contributed by atoms with E-state index in [-0.39, 0.29) is 11.2 Å². The van der Waals surface area contributed by atoms with Crippen LogP contribution in [0.2, 0.25) is 0 Å². The molecule has 0 radical (unpaired) electrons. The zero-order chi connectivity index (χ0) is 10.6. The molecule has 2 aliphatic rings. The molecule has 80 valence electrons. The molecular formula is C12H15NO2. The number of aromatic amines is 1. The number of ketones is 1. The Morgan fingerprint density at radius 2 is 2.00 bits per heavy atom. The van der Waals surface area contributed by atoms with Crippen molar-refractivity contribution < 1.29 is 9.53 Å². The minimum Gasteiger partial charge on any atom is -0.370 e. The van der Waals surface area contributed by atoms with Crippen LogP contribution in [-0.4, -0.2) is 10.8 Å². The van der Waals surface area contributed by atoms with Crippen LogP contribution in [0.1, 0.15) is 47.6 Å². The van der Waals surface area contributed by atoms with Crippen molar-refractivity contribution in [2.75, 3.05) is 0 Å². The molecule has 1 N–H and O–H groups in total. The van der Waals surface area contributed by atoms with Gasteiger partial charge in [0.1, 0.15) is 0 Å². The summed E-state index contributed by atoms with van der Waals surface area (Å²) in [6, 6.07) is 0. The molecule has 0 amide bonds. The van der Waals surface area contributed by atoms with E-state index >= 15 is 0 Å². The topological polar surface area (TPSA) is 42.1 Å². The van der Waals surface area contributed by atoms with Crippen LogP contribution in [0.4, 0.5) is 0 Å². The Kier molecular flexibility index (Phi) is 1.67. The number of rotatable bonds is 0. The molecule has 1 aliphatic heterocycles. The van der Waals surface area contributed by atoms with E-state index in [4.69, 9.17) is 4.74 Å². The zero-order valence-corrected chi connectivity index (χ0v) is 9.14. The van der Waals surface area contributed by atoms with Crippen LogP contribution in [0.5, 0.6) is 0 Å². The number of carbonyl (C=O) groups is 1. The fraction of sp³-hybridized carbons (Fsp3) is 0.583. The fourth-order valence-corrected chi connectivity index (χ4v) is 2.72. The van der Waals surface area contributed by atoms with Crippen LogP contribution in [0.3, 0.4) is 0 Å². The molecule has 0 fully saturated rings. The van der Waals surface area contributed by atoms with Crippen LogP contribution >= 0.6 is 0 Å². The second-order valence-electron chi connectivity index (χ2n) is 5.37. The molecule has 3 rings (SSSR count). The van der Waals surface area contributed by atoms with Crippen molar-refractivity contribution in [3.63, 3.8) is 0 Å². The van der Waals surface area contributed by atoms with Gasteiger partial charge in [-0.25, -0.2) is 0 Å². The molecule has 15 heavy (non-hydrogen) atoms. The Balaban J connectivity index is 2.14. The van der Waals surface area contributed by atoms with E-state index in [1.54, 1.807) is 0 Å². The number of Topliss-reactive ketones (excluding diaryl/α,β-unsaturated/α-hetero) is 1. The van der Waals surface area contributed by atoms with Gasteiger partial charge in [-0.2, -0.15) is 0 Å². The average molecular weight is 205 g/mol. The smallest absolute Gasteiger partial charge is 0.165 e. The quantitative estimate of drug-likeness (QED) is 0.705. The minimum absolute atomic E-state index is 0.101. The second-order valence-corrected chi connectivity index (χ2v) is 5.37. The number of H-pyrrole nitrogens is 1. The predicted molar refractivity (Wildman–Crippen MR) is 55.7 cm³/mol. The SMILES string of the molecule is CC1(C)CC(=O)c2c([nH]c3c2COC3)C1. The largest absolute Gasteiger partial charge is 0.370 e. The molecule has 0 atom stereocenters.